The first kappa shape index (κ1) is 20.2. The number of anilines is 1. The number of hydrogen-bond donors (Lipinski definition) is 1. The molecule has 0 heterocycles. The van der Waals surface area contributed by atoms with E-state index in [1.54, 1.807) is 0 Å². The molecule has 0 aliphatic rings. The van der Waals surface area contributed by atoms with Crippen LogP contribution in [0.15, 0.2) is 48.5 Å². The van der Waals surface area contributed by atoms with Crippen molar-refractivity contribution < 1.29 is 9.47 Å². The summed E-state index contributed by atoms with van der Waals surface area (Å²) < 4.78 is 11.7. The number of ether oxygens (including phenoxy) is 2. The van der Waals surface area contributed by atoms with Gasteiger partial charge in [0.2, 0.25) is 0 Å². The third-order valence-electron chi connectivity index (χ3n) is 4.32. The molecule has 0 aliphatic heterocycles. The fourth-order valence-corrected chi connectivity index (χ4v) is 2.68. The quantitative estimate of drug-likeness (QED) is 0.420. The van der Waals surface area contributed by atoms with Crippen molar-refractivity contribution in [3.8, 4) is 11.5 Å². The lowest BCUT2D eigenvalue weighted by Gasteiger charge is -2.13. The highest BCUT2D eigenvalue weighted by atomic mass is 16.5. The third-order valence-corrected chi connectivity index (χ3v) is 4.32. The second kappa shape index (κ2) is 12.2. The monoisotopic (exact) mass is 355 g/mol. The van der Waals surface area contributed by atoms with Crippen molar-refractivity contribution in [2.45, 2.75) is 58.9 Å². The van der Waals surface area contributed by atoms with Crippen molar-refractivity contribution in [1.82, 2.24) is 0 Å². The predicted octanol–water partition coefficient (Wildman–Crippen LogP) is 6.44. The Bertz CT molecular complexity index is 610. The summed E-state index contributed by atoms with van der Waals surface area (Å²) in [7, 11) is 0. The lowest BCUT2D eigenvalue weighted by atomic mass is 10.2. The van der Waals surface area contributed by atoms with E-state index >= 15 is 0 Å². The summed E-state index contributed by atoms with van der Waals surface area (Å²) >= 11 is 0. The molecule has 0 saturated heterocycles. The zero-order valence-electron chi connectivity index (χ0n) is 16.3. The molecule has 0 atom stereocenters. The van der Waals surface area contributed by atoms with Gasteiger partial charge in [0.15, 0.2) is 0 Å². The van der Waals surface area contributed by atoms with Crippen LogP contribution in [0.3, 0.4) is 0 Å². The zero-order chi connectivity index (χ0) is 18.5. The van der Waals surface area contributed by atoms with Crippen molar-refractivity contribution >= 4 is 5.69 Å². The normalized spacial score (nSPS) is 10.5. The maximum absolute atomic E-state index is 5.87. The average Bonchev–Trinajstić information content (AvgIpc) is 2.68. The van der Waals surface area contributed by atoms with Crippen LogP contribution >= 0.6 is 0 Å². The standard InChI is InChI=1S/C23H33NO2/c1-3-5-7-10-18-25-21-15-13-20(14-16-21)19-24-22-11-8-9-12-23(22)26-17-6-4-2/h8-9,11-16,24H,3-7,10,17-19H2,1-2H3. The van der Waals surface area contributed by atoms with Crippen LogP contribution in [0.1, 0.15) is 57.9 Å². The number of nitrogens with one attached hydrogen (secondary N) is 1. The fraction of sp³-hybridized carbons (Fsp3) is 0.478. The van der Waals surface area contributed by atoms with Gasteiger partial charge in [0.1, 0.15) is 11.5 Å². The van der Waals surface area contributed by atoms with Crippen molar-refractivity contribution in [2.75, 3.05) is 18.5 Å². The molecule has 0 saturated carbocycles. The molecule has 0 aromatic heterocycles. The Kier molecular flexibility index (Phi) is 9.48. The molecule has 2 rings (SSSR count). The molecule has 2 aromatic rings. The molecule has 0 spiro atoms. The van der Waals surface area contributed by atoms with Gasteiger partial charge in [-0.15, -0.1) is 0 Å². The average molecular weight is 356 g/mol. The maximum atomic E-state index is 5.87. The van der Waals surface area contributed by atoms with Gasteiger partial charge in [-0.3, -0.25) is 0 Å². The molecule has 1 N–H and O–H groups in total. The molecule has 2 aromatic carbocycles. The molecule has 0 amide bonds. The molecular weight excluding hydrogens is 322 g/mol. The van der Waals surface area contributed by atoms with Crippen molar-refractivity contribution in [3.63, 3.8) is 0 Å². The van der Waals surface area contributed by atoms with Gasteiger partial charge >= 0.3 is 0 Å². The van der Waals surface area contributed by atoms with E-state index in [0.717, 1.165) is 56.2 Å². The first-order valence-electron chi connectivity index (χ1n) is 10.0. The van der Waals surface area contributed by atoms with E-state index in [2.05, 4.69) is 49.5 Å². The van der Waals surface area contributed by atoms with E-state index < -0.39 is 0 Å². The number of hydrogen-bond acceptors (Lipinski definition) is 3. The van der Waals surface area contributed by atoms with E-state index in [9.17, 15) is 0 Å². The molecule has 0 unspecified atom stereocenters. The molecule has 0 radical (unpaired) electrons. The van der Waals surface area contributed by atoms with Gasteiger partial charge in [0.25, 0.3) is 0 Å². The van der Waals surface area contributed by atoms with Crippen LogP contribution in [-0.4, -0.2) is 13.2 Å². The van der Waals surface area contributed by atoms with Gasteiger partial charge in [0.05, 0.1) is 18.9 Å². The highest BCUT2D eigenvalue weighted by Crippen LogP contribution is 2.25. The maximum Gasteiger partial charge on any atom is 0.142 e. The fourth-order valence-electron chi connectivity index (χ4n) is 2.68. The Morgan fingerprint density at radius 2 is 1.46 bits per heavy atom. The van der Waals surface area contributed by atoms with Crippen molar-refractivity contribution in [2.24, 2.45) is 0 Å². The summed E-state index contributed by atoms with van der Waals surface area (Å²) in [6, 6.07) is 16.5. The summed E-state index contributed by atoms with van der Waals surface area (Å²) in [4.78, 5) is 0. The largest absolute Gasteiger partial charge is 0.494 e. The SMILES string of the molecule is CCCCCCOc1ccc(CNc2ccccc2OCCCC)cc1. The van der Waals surface area contributed by atoms with Gasteiger partial charge in [-0.05, 0) is 42.7 Å². The Labute approximate surface area is 158 Å². The highest BCUT2D eigenvalue weighted by molar-refractivity contribution is 5.56. The van der Waals surface area contributed by atoms with Crippen molar-refractivity contribution in [3.05, 3.63) is 54.1 Å². The third kappa shape index (κ3) is 7.38. The van der Waals surface area contributed by atoms with Crippen LogP contribution < -0.4 is 14.8 Å². The predicted molar refractivity (Wildman–Crippen MR) is 110 cm³/mol. The summed E-state index contributed by atoms with van der Waals surface area (Å²) in [5.41, 5.74) is 2.27. The van der Waals surface area contributed by atoms with Gasteiger partial charge in [-0.2, -0.15) is 0 Å². The minimum absolute atomic E-state index is 0.763. The number of para-hydroxylation sites is 2. The molecule has 0 aliphatic carbocycles. The molecule has 0 fully saturated rings. The smallest absolute Gasteiger partial charge is 0.142 e. The molecular formula is C23H33NO2. The van der Waals surface area contributed by atoms with Gasteiger partial charge < -0.3 is 14.8 Å². The molecule has 3 nitrogen and oxygen atoms in total. The van der Waals surface area contributed by atoms with Crippen LogP contribution in [0.5, 0.6) is 11.5 Å². The van der Waals surface area contributed by atoms with Crippen LogP contribution in [0.2, 0.25) is 0 Å². The zero-order valence-corrected chi connectivity index (χ0v) is 16.3. The van der Waals surface area contributed by atoms with Crippen LogP contribution in [-0.2, 0) is 6.54 Å². The minimum atomic E-state index is 0.763. The van der Waals surface area contributed by atoms with Crippen molar-refractivity contribution in [1.29, 1.82) is 0 Å². The molecule has 3 heteroatoms. The summed E-state index contributed by atoms with van der Waals surface area (Å²) in [5, 5.41) is 3.48. The lowest BCUT2D eigenvalue weighted by Crippen LogP contribution is -2.04. The Hall–Kier alpha value is -2.16. The minimum Gasteiger partial charge on any atom is -0.494 e. The highest BCUT2D eigenvalue weighted by Gasteiger charge is 2.03. The lowest BCUT2D eigenvalue weighted by molar-refractivity contribution is 0.305. The van der Waals surface area contributed by atoms with Crippen LogP contribution in [0.25, 0.3) is 0 Å². The Morgan fingerprint density at radius 1 is 0.731 bits per heavy atom. The second-order valence-electron chi connectivity index (χ2n) is 6.60. The van der Waals surface area contributed by atoms with Gasteiger partial charge in [-0.1, -0.05) is 63.8 Å². The first-order valence-corrected chi connectivity index (χ1v) is 10.0. The second-order valence-corrected chi connectivity index (χ2v) is 6.60. The number of rotatable bonds is 13. The molecule has 26 heavy (non-hydrogen) atoms. The van der Waals surface area contributed by atoms with Gasteiger partial charge in [0, 0.05) is 6.54 Å². The Morgan fingerprint density at radius 3 is 2.23 bits per heavy atom. The van der Waals surface area contributed by atoms with Crippen LogP contribution in [0, 0.1) is 0 Å². The first-order chi connectivity index (χ1) is 12.8. The summed E-state index contributed by atoms with van der Waals surface area (Å²) in [6.45, 7) is 6.74. The Balaban J connectivity index is 1.79. The summed E-state index contributed by atoms with van der Waals surface area (Å²) in [5.74, 6) is 1.88. The van der Waals surface area contributed by atoms with E-state index in [1.165, 1.54) is 24.8 Å². The summed E-state index contributed by atoms with van der Waals surface area (Å²) in [6.07, 6.45) is 7.15. The topological polar surface area (TPSA) is 30.5 Å². The molecule has 142 valence electrons. The van der Waals surface area contributed by atoms with E-state index in [-0.39, 0.29) is 0 Å². The van der Waals surface area contributed by atoms with Crippen LogP contribution in [0.4, 0.5) is 5.69 Å². The van der Waals surface area contributed by atoms with E-state index in [1.807, 2.05) is 18.2 Å². The van der Waals surface area contributed by atoms with Gasteiger partial charge in [-0.25, -0.2) is 0 Å². The van der Waals surface area contributed by atoms with E-state index in [0.29, 0.717) is 0 Å². The number of unbranched alkanes of at least 4 members (excludes halogenated alkanes) is 4. The van der Waals surface area contributed by atoms with E-state index in [4.69, 9.17) is 9.47 Å². The molecule has 0 bridgehead atoms. The number of benzene rings is 2.